The van der Waals surface area contributed by atoms with Crippen LogP contribution < -0.4 is 0 Å². The lowest BCUT2D eigenvalue weighted by molar-refractivity contribution is -0.200. The molecule has 148 valence electrons. The van der Waals surface area contributed by atoms with Crippen LogP contribution in [0, 0.1) is 11.8 Å². The Morgan fingerprint density at radius 3 is 2.08 bits per heavy atom. The summed E-state index contributed by atoms with van der Waals surface area (Å²) in [6.45, 7) is 3.52. The van der Waals surface area contributed by atoms with Crippen molar-refractivity contribution in [3.63, 3.8) is 0 Å². The molecule has 0 aromatic rings. The van der Waals surface area contributed by atoms with Crippen LogP contribution in [0.5, 0.6) is 0 Å². The Hall–Kier alpha value is -0.170. The van der Waals surface area contributed by atoms with Crippen LogP contribution in [0.4, 0.5) is 17.6 Å². The third-order valence-electron chi connectivity index (χ3n) is 4.61. The van der Waals surface area contributed by atoms with E-state index < -0.39 is 36.6 Å². The van der Waals surface area contributed by atoms with Crippen molar-refractivity contribution in [1.29, 1.82) is 0 Å². The van der Waals surface area contributed by atoms with Gasteiger partial charge in [-0.2, -0.15) is 26.0 Å². The van der Waals surface area contributed by atoms with Crippen molar-refractivity contribution < 1.29 is 40.1 Å². The molecule has 1 rings (SSSR count). The van der Waals surface area contributed by atoms with Gasteiger partial charge in [-0.1, -0.05) is 29.5 Å². The average Bonchev–Trinajstić information content (AvgIpc) is 2.51. The van der Waals surface area contributed by atoms with E-state index in [0.29, 0.717) is 6.42 Å². The normalized spacial score (nSPS) is 25.3. The largest absolute Gasteiger partial charge is 0.464 e. The van der Waals surface area contributed by atoms with Gasteiger partial charge in [0, 0.05) is 5.92 Å². The summed E-state index contributed by atoms with van der Waals surface area (Å²) in [6.07, 6.45) is 0.0413. The van der Waals surface area contributed by atoms with Crippen LogP contribution >= 0.6 is 22.6 Å². The molecule has 25 heavy (non-hydrogen) atoms. The van der Waals surface area contributed by atoms with Gasteiger partial charge in [-0.05, 0) is 44.9 Å². The van der Waals surface area contributed by atoms with E-state index in [0.717, 1.165) is 0 Å². The van der Waals surface area contributed by atoms with Crippen molar-refractivity contribution in [3.05, 3.63) is 0 Å². The highest BCUT2D eigenvalue weighted by Gasteiger charge is 2.68. The Bertz CT molecular complexity index is 586. The zero-order valence-corrected chi connectivity index (χ0v) is 16.7. The lowest BCUT2D eigenvalue weighted by Gasteiger charge is -2.36. The van der Waals surface area contributed by atoms with E-state index in [-0.39, 0.29) is 38.2 Å². The minimum absolute atomic E-state index is 0.00437. The Morgan fingerprint density at radius 2 is 1.68 bits per heavy atom. The van der Waals surface area contributed by atoms with E-state index in [4.69, 9.17) is 9.29 Å². The van der Waals surface area contributed by atoms with Crippen LogP contribution in [0.3, 0.4) is 0 Å². The molecule has 0 amide bonds. The Kier molecular flexibility index (Phi) is 7.16. The fraction of sp³-hybridized carbons (Fsp3) is 0.929. The smallest absolute Gasteiger partial charge is 0.431 e. The lowest BCUT2D eigenvalue weighted by atomic mass is 9.79. The van der Waals surface area contributed by atoms with Crippen LogP contribution in [0.25, 0.3) is 0 Å². The average molecular weight is 504 g/mol. The van der Waals surface area contributed by atoms with Gasteiger partial charge in [-0.25, -0.2) is 0 Å². The fourth-order valence-corrected chi connectivity index (χ4v) is 3.26. The summed E-state index contributed by atoms with van der Waals surface area (Å²) < 4.78 is 88.4. The predicted molar refractivity (Wildman–Crippen MR) is 90.6 cm³/mol. The molecule has 1 aliphatic rings. The van der Waals surface area contributed by atoms with Gasteiger partial charge in [-0.3, -0.25) is 9.35 Å². The van der Waals surface area contributed by atoms with Gasteiger partial charge in [-0.15, -0.1) is 0 Å². The van der Waals surface area contributed by atoms with E-state index in [9.17, 15) is 30.8 Å². The van der Waals surface area contributed by atoms with Gasteiger partial charge in [0.25, 0.3) is 0 Å². The molecule has 0 bridgehead atoms. The van der Waals surface area contributed by atoms with Crippen molar-refractivity contribution in [1.82, 2.24) is 0 Å². The number of alkyl halides is 5. The Labute approximate surface area is 157 Å². The molecule has 0 spiro atoms. The SMILES string of the molecule is CCC(C)(I)C(=O)OCC1CCC(C(F)(F)C(F)(F)S(=O)(=O)O)CC1. The molecule has 1 saturated carbocycles. The summed E-state index contributed by atoms with van der Waals surface area (Å²) in [5.74, 6) is -7.42. The number of hydrogen-bond donors (Lipinski definition) is 1. The van der Waals surface area contributed by atoms with Gasteiger partial charge in [0.1, 0.15) is 3.42 Å². The summed E-state index contributed by atoms with van der Waals surface area (Å²) in [5, 5.41) is -5.53. The van der Waals surface area contributed by atoms with Crippen molar-refractivity contribution in [3.8, 4) is 0 Å². The van der Waals surface area contributed by atoms with Crippen LogP contribution in [0.2, 0.25) is 0 Å². The van der Waals surface area contributed by atoms with E-state index in [1.165, 1.54) is 0 Å². The van der Waals surface area contributed by atoms with Gasteiger partial charge in [0.2, 0.25) is 0 Å². The van der Waals surface area contributed by atoms with E-state index in [1.807, 2.05) is 29.5 Å². The number of hydrogen-bond acceptors (Lipinski definition) is 4. The second-order valence-electron chi connectivity index (χ2n) is 6.48. The monoisotopic (exact) mass is 504 g/mol. The highest BCUT2D eigenvalue weighted by atomic mass is 127. The summed E-state index contributed by atoms with van der Waals surface area (Å²) >= 11 is 1.95. The van der Waals surface area contributed by atoms with E-state index in [2.05, 4.69) is 0 Å². The maximum atomic E-state index is 13.9. The van der Waals surface area contributed by atoms with Gasteiger partial charge in [0.05, 0.1) is 6.61 Å². The molecule has 1 aliphatic carbocycles. The highest BCUT2D eigenvalue weighted by molar-refractivity contribution is 14.1. The minimum Gasteiger partial charge on any atom is -0.464 e. The third-order valence-corrected chi connectivity index (χ3v) is 6.73. The summed E-state index contributed by atoms with van der Waals surface area (Å²) in [6, 6.07) is 0. The second kappa shape index (κ2) is 7.83. The first-order chi connectivity index (χ1) is 11.2. The fourth-order valence-electron chi connectivity index (χ4n) is 2.59. The van der Waals surface area contributed by atoms with Crippen molar-refractivity contribution in [2.45, 2.75) is 60.6 Å². The standard InChI is InChI=1S/C14H21F4IO5S/c1-3-12(2,19)11(20)24-8-9-4-6-10(7-5-9)13(15,16)14(17,18)25(21,22)23/h9-10H,3-8H2,1-2H3,(H,21,22,23). The van der Waals surface area contributed by atoms with Crippen LogP contribution in [0.1, 0.15) is 46.0 Å². The number of halogens is 5. The van der Waals surface area contributed by atoms with Crippen LogP contribution in [-0.2, 0) is 19.6 Å². The zero-order valence-electron chi connectivity index (χ0n) is 13.8. The molecule has 1 fully saturated rings. The first-order valence-corrected chi connectivity index (χ1v) is 10.3. The molecule has 0 heterocycles. The Morgan fingerprint density at radius 1 is 1.20 bits per heavy atom. The third kappa shape index (κ3) is 4.96. The van der Waals surface area contributed by atoms with Gasteiger partial charge < -0.3 is 4.74 Å². The lowest BCUT2D eigenvalue weighted by Crippen LogP contribution is -2.52. The molecular formula is C14H21F4IO5S. The number of ether oxygens (including phenoxy) is 1. The number of carbonyl (C=O) groups is 1. The molecular weight excluding hydrogens is 483 g/mol. The molecule has 0 aliphatic heterocycles. The van der Waals surface area contributed by atoms with Crippen LogP contribution in [0.15, 0.2) is 0 Å². The highest BCUT2D eigenvalue weighted by Crippen LogP contribution is 2.49. The molecule has 1 unspecified atom stereocenters. The van der Waals surface area contributed by atoms with Crippen molar-refractivity contribution in [2.75, 3.05) is 6.61 Å². The number of carbonyl (C=O) groups excluding carboxylic acids is 1. The maximum absolute atomic E-state index is 13.9. The second-order valence-corrected chi connectivity index (χ2v) is 10.3. The topological polar surface area (TPSA) is 80.7 Å². The molecule has 1 N–H and O–H groups in total. The summed E-state index contributed by atoms with van der Waals surface area (Å²) in [7, 11) is -6.22. The van der Waals surface area contributed by atoms with E-state index in [1.54, 1.807) is 6.92 Å². The molecule has 0 aromatic heterocycles. The number of rotatable bonds is 7. The molecule has 0 aromatic carbocycles. The van der Waals surface area contributed by atoms with E-state index >= 15 is 0 Å². The Balaban J connectivity index is 2.63. The van der Waals surface area contributed by atoms with Crippen LogP contribution in [-0.4, -0.2) is 40.1 Å². The quantitative estimate of drug-likeness (QED) is 0.186. The van der Waals surface area contributed by atoms with Crippen molar-refractivity contribution >= 4 is 38.7 Å². The van der Waals surface area contributed by atoms with Crippen molar-refractivity contribution in [2.24, 2.45) is 11.8 Å². The minimum atomic E-state index is -6.22. The predicted octanol–water partition coefficient (Wildman–Crippen LogP) is 4.06. The molecule has 0 saturated heterocycles. The molecule has 11 heteroatoms. The zero-order chi connectivity index (χ0) is 19.7. The van der Waals surface area contributed by atoms with Gasteiger partial charge >= 0.3 is 27.3 Å². The first-order valence-electron chi connectivity index (χ1n) is 7.75. The molecule has 5 nitrogen and oxygen atoms in total. The number of esters is 1. The maximum Gasteiger partial charge on any atom is 0.431 e. The van der Waals surface area contributed by atoms with Gasteiger partial charge in [0.15, 0.2) is 0 Å². The summed E-state index contributed by atoms with van der Waals surface area (Å²) in [5.41, 5.74) is 0. The summed E-state index contributed by atoms with van der Waals surface area (Å²) in [4.78, 5) is 11.9. The molecule has 0 radical (unpaired) electrons. The first kappa shape index (κ1) is 22.9. The molecule has 1 atom stereocenters.